The molecule has 0 aliphatic heterocycles. The minimum Gasteiger partial charge on any atom is -0.475 e. The Morgan fingerprint density at radius 3 is 2.94 bits per heavy atom. The van der Waals surface area contributed by atoms with Crippen molar-refractivity contribution in [3.8, 4) is 5.88 Å². The summed E-state index contributed by atoms with van der Waals surface area (Å²) in [6, 6.07) is 5.54. The number of fused-ring (bicyclic) bond motifs is 1. The lowest BCUT2D eigenvalue weighted by atomic mass is 10.2. The second-order valence-corrected chi connectivity index (χ2v) is 4.04. The van der Waals surface area contributed by atoms with Crippen molar-refractivity contribution >= 4 is 32.8 Å². The molecule has 16 heavy (non-hydrogen) atoms. The average Bonchev–Trinajstić information content (AvgIpc) is 2.25. The van der Waals surface area contributed by atoms with E-state index in [2.05, 4.69) is 25.9 Å². The largest absolute Gasteiger partial charge is 0.475 e. The number of aliphatic hydroxyl groups excluding tert-OH is 1. The van der Waals surface area contributed by atoms with E-state index >= 15 is 0 Å². The van der Waals surface area contributed by atoms with Gasteiger partial charge in [0.05, 0.1) is 17.5 Å². The van der Waals surface area contributed by atoms with E-state index < -0.39 is 0 Å². The summed E-state index contributed by atoms with van der Waals surface area (Å²) in [4.78, 5) is 8.09. The number of anilines is 1. The molecule has 6 heteroatoms. The highest BCUT2D eigenvalue weighted by Crippen LogP contribution is 2.25. The molecular formula is C10H10BrN3O2. The normalized spacial score (nSPS) is 10.6. The summed E-state index contributed by atoms with van der Waals surface area (Å²) in [6.45, 7) is 0.115. The predicted octanol–water partition coefficient (Wildman–Crippen LogP) is 1.35. The summed E-state index contributed by atoms with van der Waals surface area (Å²) in [5.74, 6) is 0.544. The molecule has 0 saturated heterocycles. The fourth-order valence-corrected chi connectivity index (χ4v) is 1.69. The van der Waals surface area contributed by atoms with Crippen molar-refractivity contribution in [1.82, 2.24) is 9.97 Å². The van der Waals surface area contributed by atoms with Crippen molar-refractivity contribution in [2.75, 3.05) is 18.9 Å². The number of benzene rings is 1. The van der Waals surface area contributed by atoms with Crippen LogP contribution in [0, 0.1) is 0 Å². The molecule has 1 aromatic carbocycles. The van der Waals surface area contributed by atoms with Crippen LogP contribution in [0.1, 0.15) is 0 Å². The monoisotopic (exact) mass is 283 g/mol. The highest BCUT2D eigenvalue weighted by Gasteiger charge is 2.07. The van der Waals surface area contributed by atoms with Gasteiger partial charge in [-0.1, -0.05) is 15.9 Å². The van der Waals surface area contributed by atoms with E-state index in [1.165, 1.54) is 0 Å². The van der Waals surface area contributed by atoms with Crippen LogP contribution in [-0.4, -0.2) is 28.3 Å². The second kappa shape index (κ2) is 4.63. The summed E-state index contributed by atoms with van der Waals surface area (Å²) in [6.07, 6.45) is 0. The van der Waals surface area contributed by atoms with E-state index in [4.69, 9.17) is 15.6 Å². The Morgan fingerprint density at radius 2 is 2.19 bits per heavy atom. The lowest BCUT2D eigenvalue weighted by molar-refractivity contribution is 0.198. The number of halogens is 1. The Bertz CT molecular complexity index is 513. The summed E-state index contributed by atoms with van der Waals surface area (Å²) < 4.78 is 6.20. The van der Waals surface area contributed by atoms with Crippen molar-refractivity contribution in [3.63, 3.8) is 0 Å². The lowest BCUT2D eigenvalue weighted by Gasteiger charge is -2.07. The maximum absolute atomic E-state index is 8.71. The molecule has 84 valence electrons. The number of aromatic nitrogens is 2. The van der Waals surface area contributed by atoms with Gasteiger partial charge in [-0.05, 0) is 18.2 Å². The molecule has 2 rings (SSSR count). The molecule has 0 aliphatic rings. The van der Waals surface area contributed by atoms with E-state index in [1.54, 1.807) is 0 Å². The maximum atomic E-state index is 8.71. The van der Waals surface area contributed by atoms with Crippen LogP contribution in [-0.2, 0) is 0 Å². The molecule has 0 atom stereocenters. The molecule has 1 heterocycles. The van der Waals surface area contributed by atoms with E-state index in [0.29, 0.717) is 11.4 Å². The van der Waals surface area contributed by atoms with Crippen LogP contribution >= 0.6 is 15.9 Å². The topological polar surface area (TPSA) is 81.3 Å². The summed E-state index contributed by atoms with van der Waals surface area (Å²) in [5.41, 5.74) is 6.27. The fraction of sp³-hybridized carbons (Fsp3) is 0.200. The Labute approximate surface area is 100 Å². The van der Waals surface area contributed by atoms with E-state index in [-0.39, 0.29) is 19.2 Å². The van der Waals surface area contributed by atoms with E-state index in [0.717, 1.165) is 9.86 Å². The third-order valence-corrected chi connectivity index (χ3v) is 2.46. The van der Waals surface area contributed by atoms with Crippen LogP contribution in [0.25, 0.3) is 10.9 Å². The summed E-state index contributed by atoms with van der Waals surface area (Å²) in [5, 5.41) is 9.48. The standard InChI is InChI=1S/C10H10BrN3O2/c11-6-1-2-7-8(5-6)13-10(12)14-9(7)16-4-3-15/h1-2,5,15H,3-4H2,(H2,12,13,14). The molecule has 0 bridgehead atoms. The Balaban J connectivity index is 2.54. The van der Waals surface area contributed by atoms with Gasteiger partial charge in [-0.2, -0.15) is 4.98 Å². The molecular weight excluding hydrogens is 274 g/mol. The van der Waals surface area contributed by atoms with Gasteiger partial charge in [-0.15, -0.1) is 0 Å². The zero-order chi connectivity index (χ0) is 11.5. The van der Waals surface area contributed by atoms with Crippen molar-refractivity contribution < 1.29 is 9.84 Å². The van der Waals surface area contributed by atoms with Gasteiger partial charge in [0.1, 0.15) is 6.61 Å². The predicted molar refractivity (Wildman–Crippen MR) is 64.2 cm³/mol. The van der Waals surface area contributed by atoms with Crippen molar-refractivity contribution in [2.24, 2.45) is 0 Å². The van der Waals surface area contributed by atoms with E-state index in [1.807, 2.05) is 18.2 Å². The van der Waals surface area contributed by atoms with Gasteiger partial charge in [-0.25, -0.2) is 4.98 Å². The van der Waals surface area contributed by atoms with Gasteiger partial charge in [-0.3, -0.25) is 0 Å². The van der Waals surface area contributed by atoms with Crippen LogP contribution in [0.15, 0.2) is 22.7 Å². The molecule has 0 aliphatic carbocycles. The molecule has 0 saturated carbocycles. The van der Waals surface area contributed by atoms with Gasteiger partial charge in [0.25, 0.3) is 0 Å². The number of ether oxygens (including phenoxy) is 1. The zero-order valence-corrected chi connectivity index (χ0v) is 9.94. The van der Waals surface area contributed by atoms with Gasteiger partial charge in [0.15, 0.2) is 0 Å². The molecule has 5 nitrogen and oxygen atoms in total. The molecule has 0 spiro atoms. The first kappa shape index (κ1) is 11.1. The molecule has 0 radical (unpaired) electrons. The highest BCUT2D eigenvalue weighted by molar-refractivity contribution is 9.10. The average molecular weight is 284 g/mol. The van der Waals surface area contributed by atoms with Crippen LogP contribution in [0.2, 0.25) is 0 Å². The Kier molecular flexibility index (Phi) is 3.21. The van der Waals surface area contributed by atoms with Crippen LogP contribution < -0.4 is 10.5 Å². The maximum Gasteiger partial charge on any atom is 0.226 e. The number of hydrogen-bond acceptors (Lipinski definition) is 5. The summed E-state index contributed by atoms with van der Waals surface area (Å²) in [7, 11) is 0. The molecule has 3 N–H and O–H groups in total. The Morgan fingerprint density at radius 1 is 1.38 bits per heavy atom. The molecule has 0 amide bonds. The number of nitrogens with two attached hydrogens (primary N) is 1. The number of nitrogens with zero attached hydrogens (tertiary/aromatic N) is 2. The molecule has 0 unspecified atom stereocenters. The number of rotatable bonds is 3. The first-order chi connectivity index (χ1) is 7.70. The molecule has 1 aromatic heterocycles. The minimum absolute atomic E-state index is 0.0675. The fourth-order valence-electron chi connectivity index (χ4n) is 1.34. The van der Waals surface area contributed by atoms with Crippen LogP contribution in [0.4, 0.5) is 5.95 Å². The first-order valence-electron chi connectivity index (χ1n) is 4.67. The van der Waals surface area contributed by atoms with Crippen molar-refractivity contribution in [3.05, 3.63) is 22.7 Å². The zero-order valence-electron chi connectivity index (χ0n) is 8.35. The van der Waals surface area contributed by atoms with Gasteiger partial charge in [0.2, 0.25) is 11.8 Å². The highest BCUT2D eigenvalue weighted by atomic mass is 79.9. The third kappa shape index (κ3) is 2.23. The number of nitrogen functional groups attached to an aromatic ring is 1. The van der Waals surface area contributed by atoms with Gasteiger partial charge < -0.3 is 15.6 Å². The summed E-state index contributed by atoms with van der Waals surface area (Å²) >= 11 is 3.35. The van der Waals surface area contributed by atoms with Crippen LogP contribution in [0.3, 0.4) is 0 Å². The molecule has 0 fully saturated rings. The quantitative estimate of drug-likeness (QED) is 0.889. The van der Waals surface area contributed by atoms with Gasteiger partial charge in [0, 0.05) is 4.47 Å². The van der Waals surface area contributed by atoms with Gasteiger partial charge >= 0.3 is 0 Å². The van der Waals surface area contributed by atoms with Crippen molar-refractivity contribution in [2.45, 2.75) is 0 Å². The number of aliphatic hydroxyl groups is 1. The smallest absolute Gasteiger partial charge is 0.226 e. The van der Waals surface area contributed by atoms with Crippen LogP contribution in [0.5, 0.6) is 5.88 Å². The molecule has 2 aromatic rings. The minimum atomic E-state index is -0.0675. The van der Waals surface area contributed by atoms with Crippen molar-refractivity contribution in [1.29, 1.82) is 0 Å². The lowest BCUT2D eigenvalue weighted by Crippen LogP contribution is -2.06. The first-order valence-corrected chi connectivity index (χ1v) is 5.46. The SMILES string of the molecule is Nc1nc(OCCO)c2ccc(Br)cc2n1. The Hall–Kier alpha value is -1.40. The second-order valence-electron chi connectivity index (χ2n) is 3.12. The van der Waals surface area contributed by atoms with E-state index in [9.17, 15) is 0 Å². The third-order valence-electron chi connectivity index (χ3n) is 1.97. The number of hydrogen-bond donors (Lipinski definition) is 2.